The summed E-state index contributed by atoms with van der Waals surface area (Å²) in [4.78, 5) is 0. The summed E-state index contributed by atoms with van der Waals surface area (Å²) >= 11 is 0. The third kappa shape index (κ3) is 4.44. The maximum atomic E-state index is 12.2. The smallest absolute Gasteiger partial charge is 0.457 e. The van der Waals surface area contributed by atoms with E-state index >= 15 is 0 Å². The Labute approximate surface area is 104 Å². The summed E-state index contributed by atoms with van der Waals surface area (Å²) in [5.74, 6) is 1.14. The first-order valence-electron chi connectivity index (χ1n) is 5.41. The minimum atomic E-state index is -4.38. The number of alkyl halides is 3. The first-order chi connectivity index (χ1) is 8.35. The van der Waals surface area contributed by atoms with Crippen LogP contribution in [0.2, 0.25) is 0 Å². The van der Waals surface area contributed by atoms with E-state index < -0.39 is 12.3 Å². The van der Waals surface area contributed by atoms with E-state index in [-0.39, 0.29) is 6.42 Å². The van der Waals surface area contributed by atoms with Crippen molar-refractivity contribution in [3.8, 4) is 11.5 Å². The van der Waals surface area contributed by atoms with Crippen molar-refractivity contribution in [2.24, 2.45) is 0 Å². The lowest BCUT2D eigenvalue weighted by Crippen LogP contribution is -2.40. The van der Waals surface area contributed by atoms with Crippen molar-refractivity contribution in [1.82, 2.24) is 5.32 Å². The molecule has 0 aliphatic rings. The highest BCUT2D eigenvalue weighted by molar-refractivity contribution is 5.40. The molecular weight excluding hydrogens is 247 g/mol. The lowest BCUT2D eigenvalue weighted by Gasteiger charge is -2.18. The lowest BCUT2D eigenvalue weighted by atomic mass is 10.1. The van der Waals surface area contributed by atoms with Crippen LogP contribution >= 0.6 is 0 Å². The van der Waals surface area contributed by atoms with Gasteiger partial charge in [-0.3, -0.25) is 0 Å². The second-order valence-electron chi connectivity index (χ2n) is 3.93. The molecule has 1 aromatic rings. The molecule has 1 N–H and O–H groups in total. The Morgan fingerprint density at radius 2 is 1.89 bits per heavy atom. The molecule has 18 heavy (non-hydrogen) atoms. The summed E-state index contributed by atoms with van der Waals surface area (Å²) in [6.45, 7) is 1.46. The number of hydrogen-bond acceptors (Lipinski definition) is 3. The van der Waals surface area contributed by atoms with Gasteiger partial charge in [-0.15, -0.1) is 0 Å². The molecule has 0 radical (unpaired) electrons. The quantitative estimate of drug-likeness (QED) is 0.829. The number of benzene rings is 1. The minimum Gasteiger partial charge on any atom is -0.497 e. The van der Waals surface area contributed by atoms with Crippen LogP contribution in [0, 0.1) is 0 Å². The first kappa shape index (κ1) is 14.6. The molecule has 0 aliphatic heterocycles. The van der Waals surface area contributed by atoms with Crippen LogP contribution < -0.4 is 14.8 Å². The molecule has 1 rings (SSSR count). The summed E-state index contributed by atoms with van der Waals surface area (Å²) in [6, 6.07) is 4.30. The zero-order valence-electron chi connectivity index (χ0n) is 10.5. The van der Waals surface area contributed by atoms with Crippen molar-refractivity contribution < 1.29 is 22.6 Å². The molecule has 3 nitrogen and oxygen atoms in total. The molecule has 0 saturated carbocycles. The number of rotatable bonds is 5. The zero-order valence-corrected chi connectivity index (χ0v) is 10.5. The maximum absolute atomic E-state index is 12.2. The van der Waals surface area contributed by atoms with Gasteiger partial charge in [-0.1, -0.05) is 0 Å². The Morgan fingerprint density at radius 1 is 1.22 bits per heavy atom. The van der Waals surface area contributed by atoms with Gasteiger partial charge in [-0.25, -0.2) is 5.32 Å². The molecule has 0 bridgehead atoms. The van der Waals surface area contributed by atoms with E-state index in [1.54, 1.807) is 23.5 Å². The SMILES string of the molecule is COc1ccc(OC)c(CC(C)NC(F)(F)F)c1. The summed E-state index contributed by atoms with van der Waals surface area (Å²) in [6.07, 6.45) is -4.19. The van der Waals surface area contributed by atoms with Crippen LogP contribution in [0.5, 0.6) is 11.5 Å². The fraction of sp³-hybridized carbons (Fsp3) is 0.500. The highest BCUT2D eigenvalue weighted by atomic mass is 19.4. The topological polar surface area (TPSA) is 30.5 Å². The van der Waals surface area contributed by atoms with E-state index in [1.807, 2.05) is 0 Å². The van der Waals surface area contributed by atoms with E-state index in [1.165, 1.54) is 21.1 Å². The van der Waals surface area contributed by atoms with Gasteiger partial charge in [0.05, 0.1) is 14.2 Å². The van der Waals surface area contributed by atoms with E-state index in [0.29, 0.717) is 17.1 Å². The van der Waals surface area contributed by atoms with Gasteiger partial charge in [-0.05, 0) is 37.1 Å². The van der Waals surface area contributed by atoms with Gasteiger partial charge in [0, 0.05) is 6.04 Å². The molecule has 102 valence electrons. The van der Waals surface area contributed by atoms with E-state index in [4.69, 9.17) is 9.47 Å². The number of hydrogen-bond donors (Lipinski definition) is 1. The number of ether oxygens (including phenoxy) is 2. The van der Waals surface area contributed by atoms with Crippen molar-refractivity contribution >= 4 is 0 Å². The van der Waals surface area contributed by atoms with Crippen LogP contribution in [0.15, 0.2) is 18.2 Å². The Balaban J connectivity index is 2.81. The molecule has 0 fully saturated rings. The predicted octanol–water partition coefficient (Wildman–Crippen LogP) is 2.74. The molecule has 0 saturated heterocycles. The summed E-state index contributed by atoms with van der Waals surface area (Å²) in [5.41, 5.74) is 0.668. The van der Waals surface area contributed by atoms with Crippen molar-refractivity contribution in [3.63, 3.8) is 0 Å². The maximum Gasteiger partial charge on any atom is 0.457 e. The van der Waals surface area contributed by atoms with E-state index in [9.17, 15) is 13.2 Å². The standard InChI is InChI=1S/C12H16F3NO2/c1-8(16-12(13,14)15)6-9-7-10(17-2)4-5-11(9)18-3/h4-5,7-8,16H,6H2,1-3H3. The molecule has 0 aromatic heterocycles. The summed E-state index contributed by atoms with van der Waals surface area (Å²) in [7, 11) is 2.98. The predicted molar refractivity (Wildman–Crippen MR) is 61.9 cm³/mol. The fourth-order valence-electron chi connectivity index (χ4n) is 1.70. The zero-order chi connectivity index (χ0) is 13.8. The molecule has 0 aliphatic carbocycles. The van der Waals surface area contributed by atoms with Crippen LogP contribution in [0.4, 0.5) is 13.2 Å². The molecule has 1 atom stereocenters. The van der Waals surface area contributed by atoms with Gasteiger partial charge < -0.3 is 9.47 Å². The van der Waals surface area contributed by atoms with Crippen molar-refractivity contribution in [2.45, 2.75) is 25.7 Å². The molecule has 0 heterocycles. The molecular formula is C12H16F3NO2. The van der Waals surface area contributed by atoms with Crippen LogP contribution in [0.1, 0.15) is 12.5 Å². The number of methoxy groups -OCH3 is 2. The van der Waals surface area contributed by atoms with Crippen LogP contribution in [-0.2, 0) is 6.42 Å². The third-order valence-electron chi connectivity index (χ3n) is 2.42. The monoisotopic (exact) mass is 263 g/mol. The Kier molecular flexibility index (Phi) is 4.84. The Bertz CT molecular complexity index is 393. The van der Waals surface area contributed by atoms with E-state index in [2.05, 4.69) is 0 Å². The van der Waals surface area contributed by atoms with Gasteiger partial charge in [0.1, 0.15) is 11.5 Å². The lowest BCUT2D eigenvalue weighted by molar-refractivity contribution is -0.162. The Hall–Kier alpha value is -1.43. The van der Waals surface area contributed by atoms with Gasteiger partial charge in [0.25, 0.3) is 0 Å². The Morgan fingerprint density at radius 3 is 2.39 bits per heavy atom. The van der Waals surface area contributed by atoms with Gasteiger partial charge in [-0.2, -0.15) is 13.2 Å². The highest BCUT2D eigenvalue weighted by Crippen LogP contribution is 2.25. The van der Waals surface area contributed by atoms with Crippen molar-refractivity contribution in [3.05, 3.63) is 23.8 Å². The molecule has 6 heteroatoms. The fourth-order valence-corrected chi connectivity index (χ4v) is 1.70. The number of nitrogens with one attached hydrogen (secondary N) is 1. The van der Waals surface area contributed by atoms with Gasteiger partial charge in [0.2, 0.25) is 0 Å². The average Bonchev–Trinajstić information content (AvgIpc) is 2.26. The molecule has 1 aromatic carbocycles. The summed E-state index contributed by atoms with van der Waals surface area (Å²) < 4.78 is 46.7. The minimum absolute atomic E-state index is 0.194. The molecule has 1 unspecified atom stereocenters. The highest BCUT2D eigenvalue weighted by Gasteiger charge is 2.29. The van der Waals surface area contributed by atoms with Crippen molar-refractivity contribution in [2.75, 3.05) is 14.2 Å². The normalized spacial score (nSPS) is 13.2. The third-order valence-corrected chi connectivity index (χ3v) is 2.42. The summed E-state index contributed by atoms with van der Waals surface area (Å²) in [5, 5.41) is 1.56. The molecule has 0 spiro atoms. The van der Waals surface area contributed by atoms with Crippen LogP contribution in [0.3, 0.4) is 0 Å². The van der Waals surface area contributed by atoms with E-state index in [0.717, 1.165) is 0 Å². The van der Waals surface area contributed by atoms with Crippen molar-refractivity contribution in [1.29, 1.82) is 0 Å². The largest absolute Gasteiger partial charge is 0.497 e. The second-order valence-corrected chi connectivity index (χ2v) is 3.93. The first-order valence-corrected chi connectivity index (χ1v) is 5.41. The van der Waals surface area contributed by atoms with Crippen LogP contribution in [0.25, 0.3) is 0 Å². The van der Waals surface area contributed by atoms with Crippen LogP contribution in [-0.4, -0.2) is 26.6 Å². The molecule has 0 amide bonds. The number of halogens is 3. The van der Waals surface area contributed by atoms with Gasteiger partial charge in [0.15, 0.2) is 0 Å². The second kappa shape index (κ2) is 5.95. The average molecular weight is 263 g/mol. The van der Waals surface area contributed by atoms with Gasteiger partial charge >= 0.3 is 6.30 Å².